The number of nitrogens with two attached hydrogens (primary N) is 2. The molecule has 17 heteroatoms. The number of carbonyl (C=O) groups excluding carboxylic acids is 2. The van der Waals surface area contributed by atoms with Gasteiger partial charge in [0.25, 0.3) is 11.8 Å². The Kier molecular flexibility index (Phi) is 12.3. The lowest BCUT2D eigenvalue weighted by Crippen LogP contribution is -2.76. The Morgan fingerprint density at radius 2 is 1.98 bits per heavy atom. The molecule has 1 aromatic carbocycles. The first kappa shape index (κ1) is 35.6. The second kappa shape index (κ2) is 16.6. The third-order valence-corrected chi connectivity index (χ3v) is 9.18. The maximum absolute atomic E-state index is 13.2. The molecule has 5 rings (SSSR count). The average Bonchev–Trinajstić information content (AvgIpc) is 3.67. The molecule has 0 radical (unpaired) electrons. The van der Waals surface area contributed by atoms with Gasteiger partial charge >= 0.3 is 0 Å². The molecule has 2 fully saturated rings. The summed E-state index contributed by atoms with van der Waals surface area (Å²) in [5.41, 5.74) is 13.2. The van der Waals surface area contributed by atoms with E-state index in [1.807, 2.05) is 12.1 Å². The molecule has 0 aliphatic carbocycles. The van der Waals surface area contributed by atoms with Gasteiger partial charge in [-0.1, -0.05) is 17.3 Å². The minimum atomic E-state index is -0.844. The molecule has 6 N–H and O–H groups in total. The number of β-lactam (4-membered cyclic amide) rings is 1. The molecular formula is C31H44N9O6S2+. The second-order valence-corrected chi connectivity index (χ2v) is 13.6. The van der Waals surface area contributed by atoms with Crippen molar-refractivity contribution in [2.24, 2.45) is 16.8 Å². The smallest absolute Gasteiger partial charge is 0.276 e. The zero-order chi connectivity index (χ0) is 34.1. The predicted molar refractivity (Wildman–Crippen MR) is 182 cm³/mol. The number of carbonyl (C=O) groups is 2. The van der Waals surface area contributed by atoms with Crippen molar-refractivity contribution < 1.29 is 32.3 Å². The van der Waals surface area contributed by atoms with Crippen molar-refractivity contribution in [2.75, 3.05) is 45.7 Å². The van der Waals surface area contributed by atoms with E-state index in [1.54, 1.807) is 19.2 Å². The number of aromatic nitrogens is 3. The van der Waals surface area contributed by atoms with E-state index in [2.05, 4.69) is 54.7 Å². The molecule has 1 unspecified atom stereocenters. The van der Waals surface area contributed by atoms with Crippen LogP contribution in [0.15, 0.2) is 47.2 Å². The highest BCUT2D eigenvalue weighted by molar-refractivity contribution is 7.89. The van der Waals surface area contributed by atoms with E-state index in [-0.39, 0.29) is 23.1 Å². The average molecular weight is 703 g/mol. The second-order valence-electron chi connectivity index (χ2n) is 12.1. The van der Waals surface area contributed by atoms with E-state index in [9.17, 15) is 9.59 Å². The Morgan fingerprint density at radius 1 is 1.21 bits per heavy atom. The van der Waals surface area contributed by atoms with Gasteiger partial charge in [0.15, 0.2) is 29.7 Å². The van der Waals surface area contributed by atoms with Gasteiger partial charge < -0.3 is 31.7 Å². The molecule has 3 aromatic rings. The maximum atomic E-state index is 13.2. The molecule has 2 aromatic heterocycles. The Balaban J connectivity index is 1.08. The summed E-state index contributed by atoms with van der Waals surface area (Å²) in [5.74, 6) is 0.405. The summed E-state index contributed by atoms with van der Waals surface area (Å²) in [6.45, 7) is 8.92. The Bertz CT molecular complexity index is 1560. The normalized spacial score (nSPS) is 17.6. The molecular weight excluding hydrogens is 659 g/mol. The lowest BCUT2D eigenvalue weighted by molar-refractivity contribution is -0.781. The van der Waals surface area contributed by atoms with Crippen molar-refractivity contribution >= 4 is 46.3 Å². The summed E-state index contributed by atoms with van der Waals surface area (Å²) in [6.07, 6.45) is 6.69. The molecule has 15 nitrogen and oxygen atoms in total. The van der Waals surface area contributed by atoms with E-state index in [0.29, 0.717) is 44.2 Å². The van der Waals surface area contributed by atoms with Crippen LogP contribution in [0.1, 0.15) is 38.8 Å². The number of thiazole rings is 1. The summed E-state index contributed by atoms with van der Waals surface area (Å²) < 4.78 is 20.6. The standard InChI is InChI=1S/C31H43N9O6S2/c1-31(2)27(29(42)40(31)46-48-43-3)36-28(41)26(25-20-47-30(33)35-25)37-45-14-5-4-13-44-24-9-7-22(8-10-24)23-18-38(12-6-11-32)39(19-23)17-21-15-34-16-21/h7-10,18-21,27,34H,4-6,11-17,32H2,1-3H3,(H2-,33,35,36,41)/p+1/b37-26-. The third kappa shape index (κ3) is 8.64. The van der Waals surface area contributed by atoms with Gasteiger partial charge in [0.1, 0.15) is 24.1 Å². The minimum absolute atomic E-state index is 0.0752. The first-order valence-corrected chi connectivity index (χ1v) is 17.4. The topological polar surface area (TPSA) is 184 Å². The molecule has 0 bridgehead atoms. The number of aryl methyl sites for hydroxylation is 1. The number of nitrogens with one attached hydrogen (secondary N) is 2. The lowest BCUT2D eigenvalue weighted by atomic mass is 9.84. The summed E-state index contributed by atoms with van der Waals surface area (Å²) in [6, 6.07) is 7.26. The van der Waals surface area contributed by atoms with Crippen LogP contribution in [0.2, 0.25) is 0 Å². The highest BCUT2D eigenvalue weighted by Crippen LogP contribution is 2.34. The fraction of sp³-hybridized carbons (Fsp3) is 0.516. The summed E-state index contributed by atoms with van der Waals surface area (Å²) in [4.78, 5) is 35.5. The van der Waals surface area contributed by atoms with E-state index in [1.165, 1.54) is 18.4 Å². The number of nitrogens with zero attached hydrogens (tertiary/aromatic N) is 5. The van der Waals surface area contributed by atoms with Gasteiger partial charge in [-0.25, -0.2) is 4.98 Å². The third-order valence-electron chi connectivity index (χ3n) is 8.16. The SMILES string of the molecule is COSON1C(=O)C(NC(=O)/C(=N\OCCCCOc2ccc(-c3cn(CCCN)[n+](CC4CNC4)c3)cc2)c2csc(N)n2)C1(C)C. The summed E-state index contributed by atoms with van der Waals surface area (Å²) >= 11 is 1.83. The number of benzene rings is 1. The van der Waals surface area contributed by atoms with E-state index in [4.69, 9.17) is 29.5 Å². The van der Waals surface area contributed by atoms with Crippen molar-refractivity contribution in [3.8, 4) is 16.9 Å². The maximum Gasteiger partial charge on any atom is 0.276 e. The highest BCUT2D eigenvalue weighted by Gasteiger charge is 2.57. The number of nitrogen functional groups attached to an aromatic ring is 1. The number of amides is 2. The number of oxime groups is 1. The first-order chi connectivity index (χ1) is 23.2. The molecule has 2 aliphatic rings. The van der Waals surface area contributed by atoms with Gasteiger partial charge in [0.05, 0.1) is 37.6 Å². The van der Waals surface area contributed by atoms with Crippen LogP contribution in [0, 0.1) is 5.92 Å². The van der Waals surface area contributed by atoms with Gasteiger partial charge in [-0.2, -0.15) is 14.0 Å². The van der Waals surface area contributed by atoms with E-state index < -0.39 is 23.4 Å². The molecule has 260 valence electrons. The number of rotatable bonds is 19. The lowest BCUT2D eigenvalue weighted by Gasteiger charge is -2.50. The van der Waals surface area contributed by atoms with Crippen LogP contribution in [-0.4, -0.2) is 83.8 Å². The highest BCUT2D eigenvalue weighted by atomic mass is 32.2. The first-order valence-electron chi connectivity index (χ1n) is 15.9. The molecule has 2 amide bonds. The van der Waals surface area contributed by atoms with Crippen LogP contribution in [0.25, 0.3) is 11.1 Å². The fourth-order valence-electron chi connectivity index (χ4n) is 5.30. The van der Waals surface area contributed by atoms with Crippen LogP contribution in [0.4, 0.5) is 5.13 Å². The van der Waals surface area contributed by atoms with Gasteiger partial charge in [-0.3, -0.25) is 13.8 Å². The quantitative estimate of drug-likeness (QED) is 0.0357. The number of hydrogen-bond donors (Lipinski definition) is 4. The minimum Gasteiger partial charge on any atom is -0.494 e. The van der Waals surface area contributed by atoms with Crippen LogP contribution in [-0.2, 0) is 36.0 Å². The number of hydrogen-bond acceptors (Lipinski definition) is 13. The zero-order valence-electron chi connectivity index (χ0n) is 27.4. The van der Waals surface area contributed by atoms with Crippen molar-refractivity contribution in [3.63, 3.8) is 0 Å². The van der Waals surface area contributed by atoms with Crippen LogP contribution >= 0.6 is 23.7 Å². The van der Waals surface area contributed by atoms with Gasteiger partial charge in [0.2, 0.25) is 6.20 Å². The number of ether oxygens (including phenoxy) is 1. The van der Waals surface area contributed by atoms with Gasteiger partial charge in [-0.15, -0.1) is 16.0 Å². The van der Waals surface area contributed by atoms with Crippen molar-refractivity contribution in [1.29, 1.82) is 0 Å². The number of hydroxylamine groups is 2. The Morgan fingerprint density at radius 3 is 2.62 bits per heavy atom. The molecule has 2 saturated heterocycles. The number of anilines is 1. The number of unbranched alkanes of at least 4 members (excludes halogenated alkanes) is 1. The fourth-order valence-corrected chi connectivity index (χ4v) is 6.23. The van der Waals surface area contributed by atoms with E-state index in [0.717, 1.165) is 54.5 Å². The molecule has 1 atom stereocenters. The van der Waals surface area contributed by atoms with Gasteiger partial charge in [0, 0.05) is 24.4 Å². The van der Waals surface area contributed by atoms with Crippen LogP contribution < -0.4 is 31.5 Å². The van der Waals surface area contributed by atoms with Crippen molar-refractivity contribution in [3.05, 3.63) is 47.7 Å². The Labute approximate surface area is 288 Å². The monoisotopic (exact) mass is 702 g/mol. The predicted octanol–water partition coefficient (Wildman–Crippen LogP) is 1.88. The van der Waals surface area contributed by atoms with Gasteiger partial charge in [-0.05, 0) is 57.4 Å². The molecule has 0 saturated carbocycles. The summed E-state index contributed by atoms with van der Waals surface area (Å²) in [7, 11) is 1.42. The van der Waals surface area contributed by atoms with E-state index >= 15 is 0 Å². The Hall–Kier alpha value is -3.74. The molecule has 4 heterocycles. The molecule has 48 heavy (non-hydrogen) atoms. The molecule has 2 aliphatic heterocycles. The van der Waals surface area contributed by atoms with Crippen molar-refractivity contribution in [2.45, 2.75) is 57.8 Å². The van der Waals surface area contributed by atoms with Crippen LogP contribution in [0.3, 0.4) is 0 Å². The largest absolute Gasteiger partial charge is 0.494 e. The van der Waals surface area contributed by atoms with Crippen LogP contribution in [0.5, 0.6) is 5.75 Å². The summed E-state index contributed by atoms with van der Waals surface area (Å²) in [5, 5.41) is 13.1. The molecule has 0 spiro atoms. The van der Waals surface area contributed by atoms with Crippen molar-refractivity contribution in [1.82, 2.24) is 25.4 Å². The zero-order valence-corrected chi connectivity index (χ0v) is 29.1.